The molecule has 3 rings (SSSR count). The molecule has 2 saturated heterocycles. The summed E-state index contributed by atoms with van der Waals surface area (Å²) in [5.41, 5.74) is 0.231. The molecule has 0 bridgehead atoms. The number of halogens is 2. The van der Waals surface area contributed by atoms with Gasteiger partial charge in [-0.25, -0.2) is 9.18 Å². The highest BCUT2D eigenvalue weighted by molar-refractivity contribution is 9.10. The first-order chi connectivity index (χ1) is 10.5. The van der Waals surface area contributed by atoms with Gasteiger partial charge in [0.1, 0.15) is 17.9 Å². The molecule has 0 radical (unpaired) electrons. The van der Waals surface area contributed by atoms with E-state index in [0.29, 0.717) is 15.0 Å². The second-order valence-corrected chi connectivity index (χ2v) is 7.57. The maximum Gasteiger partial charge on any atom is 0.349 e. The van der Waals surface area contributed by atoms with E-state index in [4.69, 9.17) is 0 Å². The van der Waals surface area contributed by atoms with Crippen molar-refractivity contribution >= 4 is 21.8 Å². The highest BCUT2D eigenvalue weighted by Crippen LogP contribution is 2.32. The molecule has 2 heterocycles. The maximum absolute atomic E-state index is 14.3. The lowest BCUT2D eigenvalue weighted by molar-refractivity contribution is -0.860. The number of likely N-dealkylation sites (tertiary alicyclic amines) is 1. The van der Waals surface area contributed by atoms with Gasteiger partial charge in [-0.1, -0.05) is 15.9 Å². The average Bonchev–Trinajstić information content (AvgIpc) is 3.10. The zero-order chi connectivity index (χ0) is 15.7. The van der Waals surface area contributed by atoms with Crippen LogP contribution < -0.4 is 5.32 Å². The smallest absolute Gasteiger partial charge is 0.309 e. The Balaban J connectivity index is 1.92. The molecule has 0 spiro atoms. The van der Waals surface area contributed by atoms with Crippen LogP contribution in [0, 0.1) is 5.82 Å². The molecule has 1 N–H and O–H groups in total. The van der Waals surface area contributed by atoms with Gasteiger partial charge in [0.25, 0.3) is 0 Å². The lowest BCUT2D eigenvalue weighted by atomic mass is 10.1. The van der Waals surface area contributed by atoms with Crippen molar-refractivity contribution in [3.8, 4) is 0 Å². The molecule has 0 aliphatic carbocycles. The van der Waals surface area contributed by atoms with Crippen molar-refractivity contribution in [3.05, 3.63) is 34.1 Å². The summed E-state index contributed by atoms with van der Waals surface area (Å²) < 4.78 is 15.4. The molecule has 1 unspecified atom stereocenters. The van der Waals surface area contributed by atoms with Crippen molar-refractivity contribution in [3.63, 3.8) is 0 Å². The van der Waals surface area contributed by atoms with Crippen LogP contribution in [0.5, 0.6) is 0 Å². The van der Waals surface area contributed by atoms with Gasteiger partial charge in [0.05, 0.1) is 18.6 Å². The minimum atomic E-state index is -0.421. The maximum atomic E-state index is 14.3. The summed E-state index contributed by atoms with van der Waals surface area (Å²) >= 11 is 3.26. The van der Waals surface area contributed by atoms with Gasteiger partial charge >= 0.3 is 5.91 Å². The second-order valence-electron chi connectivity index (χ2n) is 6.65. The summed E-state index contributed by atoms with van der Waals surface area (Å²) in [4.78, 5) is 13.2. The van der Waals surface area contributed by atoms with E-state index >= 15 is 0 Å². The number of carbonyl (C=O) groups is 1. The quantitative estimate of drug-likeness (QED) is 0.826. The molecule has 3 atom stereocenters. The number of benzene rings is 1. The molecule has 1 aromatic rings. The van der Waals surface area contributed by atoms with E-state index in [-0.39, 0.29) is 17.5 Å². The van der Waals surface area contributed by atoms with E-state index in [1.807, 2.05) is 0 Å². The van der Waals surface area contributed by atoms with Gasteiger partial charge in [-0.2, -0.15) is 0 Å². The Labute approximate surface area is 139 Å². The van der Waals surface area contributed by atoms with Crippen molar-refractivity contribution in [2.45, 2.75) is 44.7 Å². The fourth-order valence-electron chi connectivity index (χ4n) is 4.00. The Morgan fingerprint density at radius 1 is 1.41 bits per heavy atom. The largest absolute Gasteiger partial charge is 0.349 e. The molecular formula is C17H23BrFN2O+. The minimum Gasteiger partial charge on any atom is -0.309 e. The number of hydrogen-bond acceptors (Lipinski definition) is 2. The fraction of sp³-hybridized carbons (Fsp3) is 0.588. The summed E-state index contributed by atoms with van der Waals surface area (Å²) in [6.07, 6.45) is 4.36. The Morgan fingerprint density at radius 3 is 2.82 bits per heavy atom. The lowest BCUT2D eigenvalue weighted by Gasteiger charge is -2.38. The predicted molar refractivity (Wildman–Crippen MR) is 88.1 cm³/mol. The molecule has 5 heteroatoms. The fourth-order valence-corrected chi connectivity index (χ4v) is 4.33. The number of hydrogen-bond donors (Lipinski definition) is 1. The molecule has 2 aliphatic rings. The van der Waals surface area contributed by atoms with Gasteiger partial charge in [-0.3, -0.25) is 4.48 Å². The lowest BCUT2D eigenvalue weighted by Crippen LogP contribution is -2.59. The summed E-state index contributed by atoms with van der Waals surface area (Å²) in [6.45, 7) is 4.78. The zero-order valence-electron chi connectivity index (χ0n) is 12.9. The van der Waals surface area contributed by atoms with E-state index in [2.05, 4.69) is 28.2 Å². The molecule has 120 valence electrons. The van der Waals surface area contributed by atoms with Gasteiger partial charge in [-0.15, -0.1) is 0 Å². The first-order valence-corrected chi connectivity index (χ1v) is 8.92. The molecule has 2 fully saturated rings. The number of carbonyl (C=O) groups excluding carboxylic acids is 1. The van der Waals surface area contributed by atoms with Gasteiger partial charge in [0.2, 0.25) is 0 Å². The van der Waals surface area contributed by atoms with Crippen LogP contribution in [0.25, 0.3) is 0 Å². The van der Waals surface area contributed by atoms with E-state index in [1.165, 1.54) is 12.5 Å². The summed E-state index contributed by atoms with van der Waals surface area (Å²) in [7, 11) is 0. The molecule has 0 saturated carbocycles. The second kappa shape index (κ2) is 6.38. The molecule has 1 amide bonds. The topological polar surface area (TPSA) is 29.1 Å². The SMILES string of the molecule is C[C@@H]1CCC[N+]1(C[C@@H]1CCCN1)C(=O)c1ccc(Br)cc1F. The molecule has 2 aliphatic heterocycles. The van der Waals surface area contributed by atoms with Crippen LogP contribution >= 0.6 is 15.9 Å². The number of amides is 1. The summed E-state index contributed by atoms with van der Waals surface area (Å²) in [5.74, 6) is -0.473. The normalized spacial score (nSPS) is 31.6. The third kappa shape index (κ3) is 2.86. The van der Waals surface area contributed by atoms with Crippen LogP contribution in [-0.2, 0) is 0 Å². The van der Waals surface area contributed by atoms with Crippen LogP contribution in [0.4, 0.5) is 4.39 Å². The van der Waals surface area contributed by atoms with E-state index in [0.717, 1.165) is 38.9 Å². The molecule has 1 aromatic carbocycles. The highest BCUT2D eigenvalue weighted by atomic mass is 79.9. The zero-order valence-corrected chi connectivity index (χ0v) is 14.5. The molecular weight excluding hydrogens is 347 g/mol. The Bertz CT molecular complexity index is 574. The number of rotatable bonds is 3. The predicted octanol–water partition coefficient (Wildman–Crippen LogP) is 3.48. The van der Waals surface area contributed by atoms with Crippen LogP contribution in [0.2, 0.25) is 0 Å². The van der Waals surface area contributed by atoms with Crippen molar-refractivity contribution in [2.24, 2.45) is 0 Å². The first-order valence-electron chi connectivity index (χ1n) is 8.13. The van der Waals surface area contributed by atoms with Crippen molar-refractivity contribution in [2.75, 3.05) is 19.6 Å². The van der Waals surface area contributed by atoms with Crippen molar-refractivity contribution in [1.29, 1.82) is 0 Å². The van der Waals surface area contributed by atoms with Crippen LogP contribution in [-0.4, -0.2) is 42.1 Å². The number of nitrogens with zero attached hydrogens (tertiary/aromatic N) is 1. The Hall–Kier alpha value is -0.780. The molecule has 3 nitrogen and oxygen atoms in total. The van der Waals surface area contributed by atoms with Gasteiger partial charge in [-0.05, 0) is 44.5 Å². The van der Waals surface area contributed by atoms with Crippen molar-refractivity contribution < 1.29 is 13.7 Å². The third-order valence-corrected chi connectivity index (χ3v) is 5.79. The van der Waals surface area contributed by atoms with Gasteiger partial charge < -0.3 is 5.32 Å². The molecule has 0 aromatic heterocycles. The standard InChI is InChI=1S/C17H23BrFN2O/c1-12-4-3-9-21(12,11-14-5-2-8-20-14)17(22)15-7-6-13(18)10-16(15)19/h6-7,10,12,14,20H,2-5,8-9,11H2,1H3/q+1/t12-,14+,21?/m1/s1. The Morgan fingerprint density at radius 2 is 2.23 bits per heavy atom. The first kappa shape index (κ1) is 16.1. The van der Waals surface area contributed by atoms with E-state index in [9.17, 15) is 9.18 Å². The summed E-state index contributed by atoms with van der Waals surface area (Å²) in [5, 5.41) is 3.49. The van der Waals surface area contributed by atoms with Gasteiger partial charge in [0, 0.05) is 17.3 Å². The van der Waals surface area contributed by atoms with Crippen LogP contribution in [0.15, 0.2) is 22.7 Å². The highest BCUT2D eigenvalue weighted by Gasteiger charge is 2.48. The van der Waals surface area contributed by atoms with Crippen LogP contribution in [0.3, 0.4) is 0 Å². The summed E-state index contributed by atoms with van der Waals surface area (Å²) in [6, 6.07) is 5.40. The average molecular weight is 370 g/mol. The van der Waals surface area contributed by atoms with Crippen molar-refractivity contribution in [1.82, 2.24) is 5.32 Å². The number of nitrogens with one attached hydrogen (secondary N) is 1. The van der Waals surface area contributed by atoms with E-state index in [1.54, 1.807) is 12.1 Å². The molecule has 22 heavy (non-hydrogen) atoms. The Kier molecular flexibility index (Phi) is 4.67. The number of quaternary nitrogens is 1. The monoisotopic (exact) mass is 369 g/mol. The van der Waals surface area contributed by atoms with E-state index < -0.39 is 5.82 Å². The minimum absolute atomic E-state index is 0.0521. The third-order valence-electron chi connectivity index (χ3n) is 5.30. The van der Waals surface area contributed by atoms with Gasteiger partial charge in [0.15, 0.2) is 0 Å². The van der Waals surface area contributed by atoms with Crippen LogP contribution in [0.1, 0.15) is 43.0 Å².